The van der Waals surface area contributed by atoms with Gasteiger partial charge in [0.15, 0.2) is 11.5 Å². The highest BCUT2D eigenvalue weighted by Crippen LogP contribution is 2.40. The highest BCUT2D eigenvalue weighted by molar-refractivity contribution is 6.32. The maximum Gasteiger partial charge on any atom is 0.317 e. The number of nitrogens with zero attached hydrogens (tertiary/aromatic N) is 2. The number of hydrogen-bond acceptors (Lipinski definition) is 5. The van der Waals surface area contributed by atoms with Gasteiger partial charge in [-0.3, -0.25) is 14.5 Å². The van der Waals surface area contributed by atoms with E-state index in [9.17, 15) is 9.59 Å². The Bertz CT molecular complexity index is 681. The van der Waals surface area contributed by atoms with Crippen molar-refractivity contribution in [2.45, 2.75) is 25.3 Å². The second kappa shape index (κ2) is 7.49. The number of carboxylic acid groups (broad SMARTS) is 1. The van der Waals surface area contributed by atoms with E-state index in [4.69, 9.17) is 26.2 Å². The van der Waals surface area contributed by atoms with Crippen LogP contribution in [0.15, 0.2) is 12.1 Å². The highest BCUT2D eigenvalue weighted by atomic mass is 35.5. The molecule has 1 atom stereocenters. The third kappa shape index (κ3) is 3.99. The summed E-state index contributed by atoms with van der Waals surface area (Å²) in [5.41, 5.74) is 0.478. The van der Waals surface area contributed by atoms with Crippen LogP contribution in [0.25, 0.3) is 0 Å². The summed E-state index contributed by atoms with van der Waals surface area (Å²) in [5, 5.41) is 9.30. The molecule has 0 radical (unpaired) electrons. The van der Waals surface area contributed by atoms with E-state index in [1.165, 1.54) is 0 Å². The van der Waals surface area contributed by atoms with Crippen LogP contribution in [0.4, 0.5) is 0 Å². The molecule has 3 rings (SSSR count). The third-order valence-electron chi connectivity index (χ3n) is 4.67. The second-order valence-corrected chi connectivity index (χ2v) is 6.78. The van der Waals surface area contributed by atoms with Crippen LogP contribution in [0.3, 0.4) is 0 Å². The molecule has 136 valence electrons. The molecule has 2 aliphatic heterocycles. The van der Waals surface area contributed by atoms with Crippen molar-refractivity contribution in [1.82, 2.24) is 9.80 Å². The highest BCUT2D eigenvalue weighted by Gasteiger charge is 2.27. The number of benzene rings is 1. The van der Waals surface area contributed by atoms with Crippen LogP contribution in [0.1, 0.15) is 29.6 Å². The zero-order chi connectivity index (χ0) is 18.0. The van der Waals surface area contributed by atoms with Crippen molar-refractivity contribution >= 4 is 23.5 Å². The molecule has 2 heterocycles. The minimum Gasteiger partial charge on any atom is -0.480 e. The van der Waals surface area contributed by atoms with E-state index in [1.807, 2.05) is 11.9 Å². The summed E-state index contributed by atoms with van der Waals surface area (Å²) >= 11 is 6.17. The monoisotopic (exact) mass is 368 g/mol. The molecule has 1 aromatic carbocycles. The number of aliphatic carboxylic acids is 1. The molecule has 0 aromatic heterocycles. The standard InChI is InChI=1S/C17H21ClN2O5/c1-19(9-15(21)22)12-3-2-5-20(6-4-12)17(23)11-7-13(18)16-14(8-11)24-10-25-16/h7-8,12H,2-6,9-10H2,1H3,(H,21,22)/t12-/m1/s1. The molecule has 1 saturated heterocycles. The van der Waals surface area contributed by atoms with Crippen LogP contribution >= 0.6 is 11.6 Å². The lowest BCUT2D eigenvalue weighted by atomic mass is 10.1. The van der Waals surface area contributed by atoms with Gasteiger partial charge in [0.25, 0.3) is 5.91 Å². The number of amides is 1. The lowest BCUT2D eigenvalue weighted by Gasteiger charge is -2.25. The molecule has 1 N–H and O–H groups in total. The summed E-state index contributed by atoms with van der Waals surface area (Å²) in [4.78, 5) is 27.3. The Balaban J connectivity index is 1.67. The molecule has 1 fully saturated rings. The van der Waals surface area contributed by atoms with E-state index in [0.29, 0.717) is 35.2 Å². The van der Waals surface area contributed by atoms with Gasteiger partial charge in [-0.25, -0.2) is 0 Å². The number of halogens is 1. The zero-order valence-corrected chi connectivity index (χ0v) is 14.8. The number of carbonyl (C=O) groups excluding carboxylic acids is 1. The maximum absolute atomic E-state index is 12.8. The van der Waals surface area contributed by atoms with E-state index in [2.05, 4.69) is 0 Å². The van der Waals surface area contributed by atoms with Crippen LogP contribution in [-0.4, -0.2) is 66.3 Å². The van der Waals surface area contributed by atoms with Crippen molar-refractivity contribution in [2.24, 2.45) is 0 Å². The zero-order valence-electron chi connectivity index (χ0n) is 14.0. The Kier molecular flexibility index (Phi) is 5.34. The van der Waals surface area contributed by atoms with Gasteiger partial charge in [0.2, 0.25) is 6.79 Å². The average Bonchev–Trinajstić information content (AvgIpc) is 2.90. The quantitative estimate of drug-likeness (QED) is 0.876. The van der Waals surface area contributed by atoms with Gasteiger partial charge in [-0.15, -0.1) is 0 Å². The second-order valence-electron chi connectivity index (χ2n) is 6.38. The van der Waals surface area contributed by atoms with Gasteiger partial charge in [-0.05, 0) is 38.4 Å². The van der Waals surface area contributed by atoms with Gasteiger partial charge in [0.1, 0.15) is 0 Å². The van der Waals surface area contributed by atoms with E-state index in [1.54, 1.807) is 17.0 Å². The topological polar surface area (TPSA) is 79.3 Å². The Labute approximate surface area is 151 Å². The van der Waals surface area contributed by atoms with Gasteiger partial charge in [-0.1, -0.05) is 11.6 Å². The summed E-state index contributed by atoms with van der Waals surface area (Å²) in [6, 6.07) is 3.43. The summed E-state index contributed by atoms with van der Waals surface area (Å²) in [6.45, 7) is 1.34. The average molecular weight is 369 g/mol. The third-order valence-corrected chi connectivity index (χ3v) is 4.95. The maximum atomic E-state index is 12.8. The molecular weight excluding hydrogens is 348 g/mol. The summed E-state index contributed by atoms with van der Waals surface area (Å²) in [6.07, 6.45) is 2.45. The Morgan fingerprint density at radius 1 is 1.32 bits per heavy atom. The first-order valence-electron chi connectivity index (χ1n) is 8.26. The molecule has 1 amide bonds. The fourth-order valence-electron chi connectivity index (χ4n) is 3.34. The molecule has 8 heteroatoms. The van der Waals surface area contributed by atoms with Gasteiger partial charge >= 0.3 is 5.97 Å². The van der Waals surface area contributed by atoms with Crippen LogP contribution in [0, 0.1) is 0 Å². The molecule has 7 nitrogen and oxygen atoms in total. The first-order chi connectivity index (χ1) is 12.0. The molecule has 0 spiro atoms. The van der Waals surface area contributed by atoms with Gasteiger partial charge in [0, 0.05) is 24.7 Å². The summed E-state index contributed by atoms with van der Waals surface area (Å²) < 4.78 is 10.6. The molecule has 0 saturated carbocycles. The molecule has 0 unspecified atom stereocenters. The van der Waals surface area contributed by atoms with Crippen molar-refractivity contribution in [3.63, 3.8) is 0 Å². The number of carbonyl (C=O) groups is 2. The molecule has 0 aliphatic carbocycles. The van der Waals surface area contributed by atoms with Crippen LogP contribution in [-0.2, 0) is 4.79 Å². The number of rotatable bonds is 4. The predicted octanol–water partition coefficient (Wildman–Crippen LogP) is 2.08. The number of carboxylic acids is 1. The SMILES string of the molecule is CN(CC(=O)O)[C@@H]1CCCN(C(=O)c2cc(Cl)c3c(c2)OCO3)CC1. The molecular formula is C17H21ClN2O5. The van der Waals surface area contributed by atoms with Crippen molar-refractivity contribution < 1.29 is 24.2 Å². The number of hydrogen-bond donors (Lipinski definition) is 1. The molecule has 25 heavy (non-hydrogen) atoms. The molecule has 0 bridgehead atoms. The van der Waals surface area contributed by atoms with Crippen LogP contribution in [0.2, 0.25) is 5.02 Å². The first-order valence-corrected chi connectivity index (χ1v) is 8.64. The van der Waals surface area contributed by atoms with E-state index < -0.39 is 5.97 Å². The number of fused-ring (bicyclic) bond motifs is 1. The smallest absolute Gasteiger partial charge is 0.317 e. The number of ether oxygens (including phenoxy) is 2. The van der Waals surface area contributed by atoms with Crippen LogP contribution < -0.4 is 9.47 Å². The summed E-state index contributed by atoms with van der Waals surface area (Å²) in [5.74, 6) is 0.0330. The Morgan fingerprint density at radius 3 is 2.88 bits per heavy atom. The van der Waals surface area contributed by atoms with Gasteiger partial charge in [-0.2, -0.15) is 0 Å². The lowest BCUT2D eigenvalue weighted by Crippen LogP contribution is -2.37. The first kappa shape index (κ1) is 17.8. The Hall–Kier alpha value is -1.99. The number of likely N-dealkylation sites (N-methyl/N-ethyl adjacent to an activating group) is 1. The van der Waals surface area contributed by atoms with Crippen molar-refractivity contribution in [3.8, 4) is 11.5 Å². The van der Waals surface area contributed by atoms with Gasteiger partial charge < -0.3 is 19.5 Å². The van der Waals surface area contributed by atoms with E-state index >= 15 is 0 Å². The van der Waals surface area contributed by atoms with Crippen molar-refractivity contribution in [2.75, 3.05) is 33.5 Å². The van der Waals surface area contributed by atoms with E-state index in [0.717, 1.165) is 19.3 Å². The Morgan fingerprint density at radius 2 is 2.12 bits per heavy atom. The largest absolute Gasteiger partial charge is 0.480 e. The number of likely N-dealkylation sites (tertiary alicyclic amines) is 1. The van der Waals surface area contributed by atoms with E-state index in [-0.39, 0.29) is 25.3 Å². The predicted molar refractivity (Wildman–Crippen MR) is 91.4 cm³/mol. The lowest BCUT2D eigenvalue weighted by molar-refractivity contribution is -0.138. The summed E-state index contributed by atoms with van der Waals surface area (Å²) in [7, 11) is 1.81. The minimum atomic E-state index is -0.838. The van der Waals surface area contributed by atoms with Crippen molar-refractivity contribution in [1.29, 1.82) is 0 Å². The normalized spacial score (nSPS) is 19.8. The fraction of sp³-hybridized carbons (Fsp3) is 0.529. The molecule has 2 aliphatic rings. The van der Waals surface area contributed by atoms with Gasteiger partial charge in [0.05, 0.1) is 11.6 Å². The van der Waals surface area contributed by atoms with Crippen molar-refractivity contribution in [3.05, 3.63) is 22.7 Å². The van der Waals surface area contributed by atoms with Crippen LogP contribution in [0.5, 0.6) is 11.5 Å². The fourth-order valence-corrected chi connectivity index (χ4v) is 3.60. The minimum absolute atomic E-state index is 0.0103. The molecule has 1 aromatic rings.